The summed E-state index contributed by atoms with van der Waals surface area (Å²) in [6.45, 7) is 8.89. The van der Waals surface area contributed by atoms with Gasteiger partial charge in [-0.15, -0.1) is 13.2 Å². The highest BCUT2D eigenvalue weighted by Gasteiger charge is 2.38. The summed E-state index contributed by atoms with van der Waals surface area (Å²) < 4.78 is 22.0. The number of aryl methyl sites for hydroxylation is 1. The van der Waals surface area contributed by atoms with Crippen molar-refractivity contribution in [2.45, 2.75) is 62.6 Å². The van der Waals surface area contributed by atoms with E-state index in [1.807, 2.05) is 36.4 Å². The number of ether oxygens (including phenoxy) is 4. The fourth-order valence-corrected chi connectivity index (χ4v) is 7.03. The topological polar surface area (TPSA) is 202 Å². The number of methoxy groups -OCH3 is 2. The molecule has 2 aliphatic heterocycles. The molecule has 4 aromatic rings. The monoisotopic (exact) mass is 780 g/mol. The third-order valence-electron chi connectivity index (χ3n) is 9.94. The number of H-pyrrole nitrogens is 2. The summed E-state index contributed by atoms with van der Waals surface area (Å²) in [5.41, 5.74) is 2.21. The molecule has 16 nitrogen and oxygen atoms in total. The number of unbranched alkanes of at least 4 members (excludes halogenated alkanes) is 1. The van der Waals surface area contributed by atoms with Crippen LogP contribution in [0.4, 0.5) is 9.59 Å². The Kier molecular flexibility index (Phi) is 13.0. The number of imidazole rings is 2. The number of nitrogens with one attached hydrogen (secondary N) is 5. The number of amides is 3. The molecule has 0 spiro atoms. The van der Waals surface area contributed by atoms with E-state index in [9.17, 15) is 19.2 Å². The van der Waals surface area contributed by atoms with Gasteiger partial charge in [0.25, 0.3) is 0 Å². The third kappa shape index (κ3) is 9.70. The molecule has 3 unspecified atom stereocenters. The quantitative estimate of drug-likeness (QED) is 0.0390. The molecule has 300 valence electrons. The number of rotatable bonds is 18. The molecule has 6 rings (SSSR count). The Hall–Kier alpha value is -6.42. The van der Waals surface area contributed by atoms with E-state index in [1.54, 1.807) is 24.5 Å². The molecule has 2 aromatic carbocycles. The van der Waals surface area contributed by atoms with Crippen LogP contribution in [0.5, 0.6) is 23.0 Å². The van der Waals surface area contributed by atoms with Crippen molar-refractivity contribution in [3.63, 3.8) is 0 Å². The number of alkyl carbamates (subject to hydrolysis) is 2. The molecule has 0 saturated carbocycles. The van der Waals surface area contributed by atoms with Crippen LogP contribution in [0.15, 0.2) is 74.1 Å². The fourth-order valence-electron chi connectivity index (χ4n) is 7.03. The molecule has 2 aromatic heterocycles. The molecule has 2 aliphatic rings. The van der Waals surface area contributed by atoms with Gasteiger partial charge in [0, 0.05) is 30.6 Å². The van der Waals surface area contributed by atoms with Gasteiger partial charge in [0.2, 0.25) is 5.91 Å². The van der Waals surface area contributed by atoms with E-state index in [2.05, 4.69) is 53.7 Å². The first-order valence-electron chi connectivity index (χ1n) is 18.8. The van der Waals surface area contributed by atoms with Crippen molar-refractivity contribution in [3.8, 4) is 45.5 Å². The molecule has 57 heavy (non-hydrogen) atoms. The number of benzene rings is 2. The van der Waals surface area contributed by atoms with Crippen molar-refractivity contribution in [1.29, 1.82) is 0 Å². The third-order valence-corrected chi connectivity index (χ3v) is 9.94. The van der Waals surface area contributed by atoms with Gasteiger partial charge in [-0.2, -0.15) is 0 Å². The zero-order valence-electron chi connectivity index (χ0n) is 32.1. The summed E-state index contributed by atoms with van der Waals surface area (Å²) in [5.74, 6) is 3.59. The molecule has 0 bridgehead atoms. The number of aldehydes is 1. The van der Waals surface area contributed by atoms with Crippen molar-refractivity contribution in [2.75, 3.05) is 33.9 Å². The number of carbonyl (C=O) groups excluding carboxylic acids is 4. The zero-order chi connectivity index (χ0) is 40.4. The van der Waals surface area contributed by atoms with Crippen LogP contribution in [0.25, 0.3) is 22.5 Å². The Morgan fingerprint density at radius 2 is 1.63 bits per heavy atom. The molecule has 1 fully saturated rings. The second-order valence-corrected chi connectivity index (χ2v) is 13.9. The largest absolute Gasteiger partial charge is 0.453 e. The van der Waals surface area contributed by atoms with E-state index < -0.39 is 23.8 Å². The van der Waals surface area contributed by atoms with E-state index in [4.69, 9.17) is 19.2 Å². The highest BCUT2D eigenvalue weighted by molar-refractivity contribution is 5.85. The molecule has 3 atom stereocenters. The first-order valence-corrected chi connectivity index (χ1v) is 18.8. The number of carbonyl (C=O) groups is 4. The van der Waals surface area contributed by atoms with Crippen molar-refractivity contribution < 1.29 is 38.1 Å². The number of likely N-dealkylation sites (tertiary alicyclic amines) is 1. The van der Waals surface area contributed by atoms with E-state index >= 15 is 0 Å². The van der Waals surface area contributed by atoms with Gasteiger partial charge in [-0.05, 0) is 81.5 Å². The van der Waals surface area contributed by atoms with Gasteiger partial charge >= 0.3 is 12.2 Å². The van der Waals surface area contributed by atoms with Crippen molar-refractivity contribution in [2.24, 2.45) is 0 Å². The molecular formula is C41H48N8O8. The minimum Gasteiger partial charge on any atom is -0.453 e. The van der Waals surface area contributed by atoms with Crippen LogP contribution in [0, 0.1) is 0 Å². The van der Waals surface area contributed by atoms with Gasteiger partial charge < -0.3 is 49.7 Å². The van der Waals surface area contributed by atoms with Crippen LogP contribution in [0.3, 0.4) is 0 Å². The predicted molar refractivity (Wildman–Crippen MR) is 211 cm³/mol. The summed E-state index contributed by atoms with van der Waals surface area (Å²) in [4.78, 5) is 66.6. The lowest BCUT2D eigenvalue weighted by atomic mass is 9.96. The summed E-state index contributed by atoms with van der Waals surface area (Å²) in [6.07, 6.45) is 10.7. The first-order chi connectivity index (χ1) is 27.7. The molecule has 0 radical (unpaired) electrons. The van der Waals surface area contributed by atoms with E-state index in [0.29, 0.717) is 42.4 Å². The minimum absolute atomic E-state index is 0.0778. The SMILES string of the molecule is C=CCC(NC(=O)OC)C(=O)NCCCCc1ncc(-c2ccc3c(c2)Oc2ccc(-c4cnc(C5CCCN5CC(C=O)(CC=C)NC(=O)OC)[nH]4)cc2O3)[nH]1. The van der Waals surface area contributed by atoms with E-state index in [-0.39, 0.29) is 24.9 Å². The standard InChI is InChI=1S/C41H48N8O8/c1-5-10-28(47-39(52)54-3)38(51)42-18-8-7-12-36-43-22-29(45-36)26-13-15-32-34(20-26)56-33-16-14-27(21-35(33)57-32)30-23-44-37(46-30)31-11-9-19-49(31)24-41(25-50,17-6-2)48-40(53)55-4/h5-6,13-16,20-23,25,28,31H,1-2,7-12,17-19,24H2,3-4H3,(H,42,51)(H,43,45)(H,44,46)(H,47,52)(H,48,53). The van der Waals surface area contributed by atoms with Gasteiger partial charge in [-0.3, -0.25) is 9.69 Å². The van der Waals surface area contributed by atoms with Crippen molar-refractivity contribution >= 4 is 24.4 Å². The number of hydrogen-bond acceptors (Lipinski definition) is 11. The van der Waals surface area contributed by atoms with Crippen molar-refractivity contribution in [1.82, 2.24) is 40.8 Å². The number of hydrogen-bond donors (Lipinski definition) is 5. The Morgan fingerprint density at radius 3 is 2.28 bits per heavy atom. The van der Waals surface area contributed by atoms with Gasteiger partial charge in [-0.25, -0.2) is 19.6 Å². The maximum atomic E-state index is 12.5. The lowest BCUT2D eigenvalue weighted by Crippen LogP contribution is -2.56. The molecule has 3 amide bonds. The number of aromatic nitrogens is 4. The van der Waals surface area contributed by atoms with Crippen LogP contribution in [-0.2, 0) is 25.5 Å². The lowest BCUT2D eigenvalue weighted by molar-refractivity contribution is -0.123. The smallest absolute Gasteiger partial charge is 0.407 e. The Balaban J connectivity index is 1.04. The summed E-state index contributed by atoms with van der Waals surface area (Å²) >= 11 is 0. The molecule has 4 heterocycles. The van der Waals surface area contributed by atoms with E-state index in [1.165, 1.54) is 14.2 Å². The van der Waals surface area contributed by atoms with Crippen LogP contribution in [0.1, 0.15) is 56.2 Å². The highest BCUT2D eigenvalue weighted by atomic mass is 16.6. The molecule has 16 heteroatoms. The molecule has 5 N–H and O–H groups in total. The Morgan fingerprint density at radius 1 is 0.947 bits per heavy atom. The van der Waals surface area contributed by atoms with Crippen molar-refractivity contribution in [3.05, 3.63) is 85.8 Å². The highest BCUT2D eigenvalue weighted by Crippen LogP contribution is 2.47. The summed E-state index contributed by atoms with van der Waals surface area (Å²) in [6, 6.07) is 10.6. The zero-order valence-corrected chi connectivity index (χ0v) is 32.1. The fraction of sp³-hybridized carbons (Fsp3) is 0.366. The van der Waals surface area contributed by atoms with Gasteiger partial charge in [0.15, 0.2) is 23.0 Å². The average molecular weight is 781 g/mol. The normalized spacial score (nSPS) is 16.0. The van der Waals surface area contributed by atoms with E-state index in [0.717, 1.165) is 72.7 Å². The number of nitrogens with zero attached hydrogens (tertiary/aromatic N) is 3. The second-order valence-electron chi connectivity index (χ2n) is 13.9. The summed E-state index contributed by atoms with van der Waals surface area (Å²) in [5, 5.41) is 8.06. The van der Waals surface area contributed by atoms with Crippen LogP contribution in [-0.4, -0.2) is 94.7 Å². The van der Waals surface area contributed by atoms with Gasteiger partial charge in [-0.1, -0.05) is 12.2 Å². The predicted octanol–water partition coefficient (Wildman–Crippen LogP) is 6.11. The Bertz CT molecular complexity index is 2100. The number of aromatic amines is 2. The maximum absolute atomic E-state index is 12.5. The van der Waals surface area contributed by atoms with Gasteiger partial charge in [0.05, 0.1) is 44.0 Å². The van der Waals surface area contributed by atoms with Crippen LogP contribution >= 0.6 is 0 Å². The first kappa shape index (κ1) is 40.2. The van der Waals surface area contributed by atoms with Crippen LogP contribution in [0.2, 0.25) is 0 Å². The number of fused-ring (bicyclic) bond motifs is 2. The maximum Gasteiger partial charge on any atom is 0.407 e. The average Bonchev–Trinajstić information content (AvgIpc) is 4.01. The molecular weight excluding hydrogens is 732 g/mol. The van der Waals surface area contributed by atoms with Gasteiger partial charge in [0.1, 0.15) is 29.5 Å². The lowest BCUT2D eigenvalue weighted by Gasteiger charge is -2.34. The van der Waals surface area contributed by atoms with Crippen LogP contribution < -0.4 is 25.4 Å². The molecule has 1 saturated heterocycles. The minimum atomic E-state index is -1.17. The Labute approximate surface area is 330 Å². The second kappa shape index (κ2) is 18.5. The molecule has 0 aliphatic carbocycles. The summed E-state index contributed by atoms with van der Waals surface area (Å²) in [7, 11) is 2.51.